The van der Waals surface area contributed by atoms with Crippen LogP contribution >= 0.6 is 0 Å². The van der Waals surface area contributed by atoms with Gasteiger partial charge < -0.3 is 49.0 Å². The van der Waals surface area contributed by atoms with Crippen molar-refractivity contribution in [1.29, 1.82) is 0 Å². The zero-order valence-electron chi connectivity index (χ0n) is 41.1. The summed E-state index contributed by atoms with van der Waals surface area (Å²) >= 11 is 0. The van der Waals surface area contributed by atoms with E-state index in [1.807, 2.05) is 146 Å². The summed E-state index contributed by atoms with van der Waals surface area (Å²) in [6.45, 7) is 6.63. The Bertz CT molecular complexity index is 2670. The van der Waals surface area contributed by atoms with Crippen LogP contribution in [0.1, 0.15) is 73.6 Å². The Morgan fingerprint density at radius 2 is 0.529 bits per heavy atom. The molecule has 8 aromatic carbocycles. The Labute approximate surface area is 451 Å². The van der Waals surface area contributed by atoms with E-state index in [1.165, 1.54) is 0 Å². The van der Waals surface area contributed by atoms with E-state index in [1.54, 1.807) is 56.1 Å². The zero-order valence-corrected chi connectivity index (χ0v) is 45.1. The van der Waals surface area contributed by atoms with Gasteiger partial charge >= 0.3 is 71.1 Å². The molecule has 0 saturated carbocycles. The molecule has 8 aromatic rings. The van der Waals surface area contributed by atoms with Crippen molar-refractivity contribution in [3.63, 3.8) is 0 Å². The number of benzene rings is 8. The molecular formula is C56H54Na2O12. The van der Waals surface area contributed by atoms with E-state index in [2.05, 4.69) is 0 Å². The standard InChI is InChI=1S/4C14H14O3.2Na/c4*1-9(14(15)16)10-3-4-12-8-13(17-2)6-5-11(12)7-10;;/h4*3-9H,1-2H3,(H,15,16);;/q;;;;2*+1/p-2/t4*9-;;/m0000../s1. The van der Waals surface area contributed by atoms with Gasteiger partial charge in [-0.15, -0.1) is 0 Å². The molecule has 0 amide bonds. The molecule has 0 heterocycles. The van der Waals surface area contributed by atoms with Gasteiger partial charge in [-0.05, 0) is 128 Å². The van der Waals surface area contributed by atoms with Crippen molar-refractivity contribution in [1.82, 2.24) is 0 Å². The van der Waals surface area contributed by atoms with E-state index >= 15 is 0 Å². The smallest absolute Gasteiger partial charge is 0.550 e. The van der Waals surface area contributed by atoms with Gasteiger partial charge in [0.2, 0.25) is 0 Å². The normalized spacial score (nSPS) is 12.0. The summed E-state index contributed by atoms with van der Waals surface area (Å²) in [4.78, 5) is 43.4. The Morgan fingerprint density at radius 1 is 0.343 bits per heavy atom. The van der Waals surface area contributed by atoms with Gasteiger partial charge in [0.15, 0.2) is 0 Å². The molecular weight excluding hydrogens is 911 g/mol. The molecule has 2 N–H and O–H groups in total. The van der Waals surface area contributed by atoms with Crippen molar-refractivity contribution < 1.29 is 118 Å². The summed E-state index contributed by atoms with van der Waals surface area (Å²) in [5, 5.41) is 47.7. The third kappa shape index (κ3) is 15.4. The average molecular weight is 965 g/mol. The molecule has 0 aliphatic heterocycles. The number of carboxylic acids is 4. The number of hydrogen-bond acceptors (Lipinski definition) is 10. The molecule has 0 spiro atoms. The quantitative estimate of drug-likeness (QED) is 0.170. The number of hydrogen-bond donors (Lipinski definition) is 2. The monoisotopic (exact) mass is 964 g/mol. The molecule has 0 radical (unpaired) electrons. The fraction of sp³-hybridized carbons (Fsp3) is 0.214. The second-order valence-electron chi connectivity index (χ2n) is 16.1. The molecule has 0 fully saturated rings. The van der Waals surface area contributed by atoms with Crippen LogP contribution in [0.25, 0.3) is 43.1 Å². The van der Waals surface area contributed by atoms with Crippen LogP contribution in [-0.4, -0.2) is 62.5 Å². The molecule has 8 rings (SSSR count). The van der Waals surface area contributed by atoms with Crippen LogP contribution in [0.2, 0.25) is 0 Å². The first-order chi connectivity index (χ1) is 32.5. The number of ether oxygens (including phenoxy) is 4. The second-order valence-corrected chi connectivity index (χ2v) is 16.1. The summed E-state index contributed by atoms with van der Waals surface area (Å²) in [6, 6.07) is 45.4. The second kappa shape index (κ2) is 27.3. The molecule has 0 unspecified atom stereocenters. The van der Waals surface area contributed by atoms with Crippen LogP contribution in [0, 0.1) is 0 Å². The number of methoxy groups -OCH3 is 4. The molecule has 0 aliphatic rings. The first-order valence-electron chi connectivity index (χ1n) is 21.6. The molecule has 12 nitrogen and oxygen atoms in total. The fourth-order valence-corrected chi connectivity index (χ4v) is 7.11. The zero-order chi connectivity index (χ0) is 49.7. The van der Waals surface area contributed by atoms with Gasteiger partial charge in [-0.25, -0.2) is 0 Å². The maximum absolute atomic E-state index is 10.9. The summed E-state index contributed by atoms with van der Waals surface area (Å²) in [7, 11) is 6.49. The van der Waals surface area contributed by atoms with Crippen molar-refractivity contribution in [2.75, 3.05) is 28.4 Å². The van der Waals surface area contributed by atoms with E-state index in [0.29, 0.717) is 0 Å². The summed E-state index contributed by atoms with van der Waals surface area (Å²) in [5.41, 5.74) is 3.13. The Balaban J connectivity index is 0.000000245. The van der Waals surface area contributed by atoms with Crippen molar-refractivity contribution in [2.45, 2.75) is 51.4 Å². The van der Waals surface area contributed by atoms with Gasteiger partial charge in [-0.3, -0.25) is 9.59 Å². The first kappa shape index (κ1) is 58.2. The predicted molar refractivity (Wildman–Crippen MR) is 261 cm³/mol. The summed E-state index contributed by atoms with van der Waals surface area (Å²) in [6.07, 6.45) is 0. The minimum atomic E-state index is -1.06. The number of aliphatic carboxylic acids is 4. The topological polar surface area (TPSA) is 192 Å². The minimum absolute atomic E-state index is 0. The molecule has 70 heavy (non-hydrogen) atoms. The molecule has 0 bridgehead atoms. The van der Waals surface area contributed by atoms with E-state index < -0.39 is 47.5 Å². The Hall–Kier alpha value is -6.12. The SMILES string of the molecule is COc1ccc2cc([C@H](C)C(=O)O)ccc2c1.COc1ccc2cc([C@H](C)C(=O)O)ccc2c1.COc1ccc2cc([C@H](C)C(=O)[O-])ccc2c1.COc1ccc2cc([C@H](C)C(=O)[O-])ccc2c1.[Na+].[Na+]. The Morgan fingerprint density at radius 3 is 0.714 bits per heavy atom. The van der Waals surface area contributed by atoms with E-state index in [4.69, 9.17) is 29.2 Å². The van der Waals surface area contributed by atoms with Crippen LogP contribution in [0.15, 0.2) is 146 Å². The van der Waals surface area contributed by atoms with Crippen LogP contribution < -0.4 is 88.3 Å². The number of rotatable bonds is 12. The first-order valence-corrected chi connectivity index (χ1v) is 21.6. The third-order valence-corrected chi connectivity index (χ3v) is 11.7. The van der Waals surface area contributed by atoms with E-state index in [0.717, 1.165) is 88.3 Å². The van der Waals surface area contributed by atoms with Crippen molar-refractivity contribution in [3.8, 4) is 23.0 Å². The molecule has 14 heteroatoms. The van der Waals surface area contributed by atoms with Crippen LogP contribution in [0.4, 0.5) is 0 Å². The van der Waals surface area contributed by atoms with Gasteiger partial charge in [0.25, 0.3) is 0 Å². The van der Waals surface area contributed by atoms with Crippen molar-refractivity contribution in [3.05, 3.63) is 168 Å². The van der Waals surface area contributed by atoms with Gasteiger partial charge in [-0.1, -0.05) is 111 Å². The maximum Gasteiger partial charge on any atom is 1.00 e. The Kier molecular flexibility index (Phi) is 22.7. The number of fused-ring (bicyclic) bond motifs is 4. The van der Waals surface area contributed by atoms with E-state index in [9.17, 15) is 29.4 Å². The summed E-state index contributed by atoms with van der Waals surface area (Å²) < 4.78 is 20.6. The molecule has 0 saturated heterocycles. The van der Waals surface area contributed by atoms with Gasteiger partial charge in [0, 0.05) is 23.8 Å². The fourth-order valence-electron chi connectivity index (χ4n) is 7.11. The summed E-state index contributed by atoms with van der Waals surface area (Å²) in [5.74, 6) is -2.71. The van der Waals surface area contributed by atoms with Crippen molar-refractivity contribution in [2.24, 2.45) is 0 Å². The van der Waals surface area contributed by atoms with E-state index in [-0.39, 0.29) is 59.1 Å². The minimum Gasteiger partial charge on any atom is -0.550 e. The largest absolute Gasteiger partial charge is 1.00 e. The predicted octanol–water partition coefficient (Wildman–Crippen LogP) is 3.48. The number of carbonyl (C=O) groups is 4. The third-order valence-electron chi connectivity index (χ3n) is 11.7. The maximum atomic E-state index is 10.9. The molecule has 0 aromatic heterocycles. The van der Waals surface area contributed by atoms with Crippen molar-refractivity contribution >= 4 is 67.0 Å². The van der Waals surface area contributed by atoms with Gasteiger partial charge in [-0.2, -0.15) is 0 Å². The van der Waals surface area contributed by atoms with Crippen LogP contribution in [-0.2, 0) is 19.2 Å². The molecule has 4 atom stereocenters. The van der Waals surface area contributed by atoms with Gasteiger partial charge in [0.05, 0.1) is 40.3 Å². The average Bonchev–Trinajstić information content (AvgIpc) is 3.36. The molecule has 352 valence electrons. The van der Waals surface area contributed by atoms with Gasteiger partial charge in [0.1, 0.15) is 23.0 Å². The van der Waals surface area contributed by atoms with Crippen LogP contribution in [0.5, 0.6) is 23.0 Å². The number of carbonyl (C=O) groups excluding carboxylic acids is 2. The molecule has 0 aliphatic carbocycles. The number of carboxylic acid groups (broad SMARTS) is 4. The van der Waals surface area contributed by atoms with Crippen LogP contribution in [0.3, 0.4) is 0 Å².